The summed E-state index contributed by atoms with van der Waals surface area (Å²) in [7, 11) is 6.58. The van der Waals surface area contributed by atoms with Gasteiger partial charge in [0.15, 0.2) is 0 Å². The zero-order valence-corrected chi connectivity index (χ0v) is 75.1. The van der Waals surface area contributed by atoms with E-state index in [0.717, 1.165) is 44.5 Å². The van der Waals surface area contributed by atoms with Gasteiger partial charge in [-0.2, -0.15) is 0 Å². The Morgan fingerprint density at radius 1 is 0.246 bits per heavy atom. The van der Waals surface area contributed by atoms with Crippen LogP contribution in [0.1, 0.15) is 56.7 Å². The molecule has 0 aliphatic carbocycles. The number of methoxy groups -OCH3 is 4. The van der Waals surface area contributed by atoms with Crippen LogP contribution in [0.2, 0.25) is 0 Å². The zero-order chi connectivity index (χ0) is 82.1. The molecular formula is C96H94N8O16Zn2. The van der Waals surface area contributed by atoms with Crippen molar-refractivity contribution in [2.24, 2.45) is 0 Å². The van der Waals surface area contributed by atoms with Gasteiger partial charge in [-0.05, 0) is 153 Å². The van der Waals surface area contributed by atoms with Crippen LogP contribution in [0.3, 0.4) is 0 Å². The molecule has 0 N–H and O–H groups in total. The van der Waals surface area contributed by atoms with E-state index in [4.69, 9.17) is 116 Å². The number of fused-ring (bicyclic) bond motifs is 16. The molecule has 10 heterocycles. The monoisotopic (exact) mass is 1740 g/mol. The average Bonchev–Trinajstić information content (AvgIpc) is 1.64. The minimum atomic E-state index is 0. The van der Waals surface area contributed by atoms with E-state index in [-0.39, 0.29) is 39.0 Å². The molecule has 26 heteroatoms. The van der Waals surface area contributed by atoms with E-state index in [1.807, 2.05) is 206 Å². The molecule has 0 radical (unpaired) electrons. The summed E-state index contributed by atoms with van der Waals surface area (Å²) in [5.74, 6) is 16.2. The van der Waals surface area contributed by atoms with E-state index in [1.165, 1.54) is 0 Å². The summed E-state index contributed by atoms with van der Waals surface area (Å²) < 4.78 is 91.4. The molecule has 618 valence electrons. The molecule has 0 spiro atoms. The van der Waals surface area contributed by atoms with Crippen LogP contribution in [0.4, 0.5) is 0 Å². The molecule has 122 heavy (non-hydrogen) atoms. The van der Waals surface area contributed by atoms with Crippen LogP contribution < -0.4 is 38.9 Å². The second-order valence-electron chi connectivity index (χ2n) is 27.3. The predicted molar refractivity (Wildman–Crippen MR) is 465 cm³/mol. The normalized spacial score (nSPS) is 11.7. The molecule has 14 rings (SSSR count). The Balaban J connectivity index is 0.00000680. The van der Waals surface area contributed by atoms with E-state index in [9.17, 15) is 0 Å². The molecule has 24 nitrogen and oxygen atoms in total. The average molecular weight is 1750 g/mol. The van der Waals surface area contributed by atoms with Crippen molar-refractivity contribution in [3.63, 3.8) is 0 Å². The summed E-state index contributed by atoms with van der Waals surface area (Å²) in [6.45, 7) is 10.3. The molecule has 10 aromatic rings. The Morgan fingerprint density at radius 3 is 0.811 bits per heavy atom. The van der Waals surface area contributed by atoms with Crippen molar-refractivity contribution in [3.8, 4) is 91.2 Å². The van der Waals surface area contributed by atoms with Crippen molar-refractivity contribution >= 4 is 92.7 Å². The van der Waals surface area contributed by atoms with Crippen LogP contribution in [0, 0.1) is 23.7 Å². The van der Waals surface area contributed by atoms with Crippen molar-refractivity contribution in [2.75, 3.05) is 187 Å². The standard InChI is InChI=1S/C96H94N8O16.2Zn/c1-105-37-41-109-45-49-113-53-57-117-75-15-7-11-67(61-75)93-85-25-21-71(97-85)65-72-22-26-86(98-72)94(68-12-8-16-76(62-68)118-58-54-114-50-46-110-42-38-106-2)90-34-30-82(102-90)79(81-29-33-89(93)101-81)19-5-6-20-80-83-31-35-91(103-83)95(69-13-9-17-77(63-69)119-59-55-115-51-47-111-43-39-107-3)87-27-23-73(99-87)66-74-24-28-88(100-74)96(92-36-32-84(80)104-92)70-14-10-18-78(64-70)120-60-56-116-52-48-112-44-40-108-4;;/h7-18,21-36,61-66H,37-60H2,1-4H3;;/q-4;2*+2. The van der Waals surface area contributed by atoms with Gasteiger partial charge in [0.25, 0.3) is 0 Å². The molecule has 6 aromatic heterocycles. The maximum atomic E-state index is 6.31. The van der Waals surface area contributed by atoms with Crippen LogP contribution >= 0.6 is 0 Å². The van der Waals surface area contributed by atoms with E-state index in [2.05, 4.69) is 23.7 Å². The van der Waals surface area contributed by atoms with Gasteiger partial charge < -0.3 is 95.7 Å². The van der Waals surface area contributed by atoms with Crippen LogP contribution in [0.15, 0.2) is 158 Å². The fraction of sp³-hybridized carbons (Fsp3) is 0.292. The van der Waals surface area contributed by atoms with E-state index in [1.54, 1.807) is 28.4 Å². The largest absolute Gasteiger partial charge is 2.00 e. The molecule has 4 aromatic carbocycles. The summed E-state index contributed by atoms with van der Waals surface area (Å²) in [5, 5.41) is 0. The van der Waals surface area contributed by atoms with Gasteiger partial charge in [0.1, 0.15) is 49.4 Å². The number of aromatic nitrogens is 8. The zero-order valence-electron chi connectivity index (χ0n) is 69.1. The second-order valence-corrected chi connectivity index (χ2v) is 27.3. The molecule has 4 aliphatic rings. The molecule has 0 atom stereocenters. The summed E-state index contributed by atoms with van der Waals surface area (Å²) in [4.78, 5) is 42.8. The fourth-order valence-corrected chi connectivity index (χ4v) is 13.4. The van der Waals surface area contributed by atoms with E-state index >= 15 is 0 Å². The first-order valence-electron chi connectivity index (χ1n) is 39.9. The maximum Gasteiger partial charge on any atom is 2.00 e. The number of hydrogen-bond acceptors (Lipinski definition) is 20. The number of ether oxygens (including phenoxy) is 16. The Kier molecular flexibility index (Phi) is 35.7. The smallest absolute Gasteiger partial charge is 0.657 e. The molecule has 0 saturated heterocycles. The van der Waals surface area contributed by atoms with Crippen LogP contribution in [0.25, 0.3) is 137 Å². The third kappa shape index (κ3) is 25.4. The molecule has 0 amide bonds. The van der Waals surface area contributed by atoms with Gasteiger partial charge in [-0.25, -0.2) is 19.9 Å². The Labute approximate surface area is 735 Å². The van der Waals surface area contributed by atoms with Gasteiger partial charge in [-0.1, -0.05) is 121 Å². The van der Waals surface area contributed by atoms with Crippen LogP contribution in [-0.4, -0.2) is 207 Å². The quantitative estimate of drug-likeness (QED) is 0.0195. The molecular weight excluding hydrogens is 1650 g/mol. The summed E-state index contributed by atoms with van der Waals surface area (Å²) in [5.41, 5.74) is 17.6. The Bertz CT molecular complexity index is 5300. The second kappa shape index (κ2) is 48.1. The van der Waals surface area contributed by atoms with Crippen molar-refractivity contribution in [1.29, 1.82) is 0 Å². The molecule has 0 saturated carbocycles. The summed E-state index contributed by atoms with van der Waals surface area (Å²) in [6, 6.07) is 51.4. The Morgan fingerprint density at radius 2 is 0.500 bits per heavy atom. The topological polar surface area (TPSA) is 256 Å². The Hall–Kier alpha value is -10.8. The van der Waals surface area contributed by atoms with Gasteiger partial charge in [-0.15, -0.1) is 44.1 Å². The van der Waals surface area contributed by atoms with Crippen molar-refractivity contribution in [1.82, 2.24) is 39.9 Å². The molecule has 0 fully saturated rings. The SMILES string of the molecule is COCCOCCOCCOc1cccc(-c2c3nc(c(C#CC#Cc4c5nc(c(-c6cccc(OCCOCCOCCOC)c6)c6ccc(cc7nc(c(-c8cccc(OCCOCCOCCOC)c8)c8ccc4[n-]8)C=C7)[n-]6)C=C5)c4ccc([n-]4)c(-c4cccc(OCCOCCOCCOC)c4)c4nc(cc5ccc2[n-]5)C=C4)C=C3)c1.[Zn+2].[Zn+2]. The van der Waals surface area contributed by atoms with Gasteiger partial charge in [0, 0.05) is 39.6 Å². The minimum Gasteiger partial charge on any atom is -0.657 e. The third-order valence-electron chi connectivity index (χ3n) is 19.0. The fourth-order valence-electron chi connectivity index (χ4n) is 13.4. The van der Waals surface area contributed by atoms with Crippen molar-refractivity contribution < 1.29 is 115 Å². The van der Waals surface area contributed by atoms with E-state index in [0.29, 0.717) is 282 Å². The van der Waals surface area contributed by atoms with Crippen molar-refractivity contribution in [2.45, 2.75) is 0 Å². The summed E-state index contributed by atoms with van der Waals surface area (Å²) >= 11 is 0. The molecule has 4 aliphatic heterocycles. The third-order valence-corrected chi connectivity index (χ3v) is 19.0. The van der Waals surface area contributed by atoms with Gasteiger partial charge in [0.05, 0.1) is 178 Å². The van der Waals surface area contributed by atoms with Crippen LogP contribution in [-0.2, 0) is 95.8 Å². The number of nitrogens with zero attached hydrogens (tertiary/aromatic N) is 8. The maximum absolute atomic E-state index is 6.31. The number of hydrogen-bond donors (Lipinski definition) is 0. The van der Waals surface area contributed by atoms with Crippen LogP contribution in [0.5, 0.6) is 23.0 Å². The molecule has 0 unspecified atom stereocenters. The van der Waals surface area contributed by atoms with E-state index < -0.39 is 0 Å². The first kappa shape index (κ1) is 90.4. The van der Waals surface area contributed by atoms with Gasteiger partial charge in [-0.3, -0.25) is 0 Å². The van der Waals surface area contributed by atoms with Crippen molar-refractivity contribution in [3.05, 3.63) is 214 Å². The number of rotatable bonds is 44. The molecule has 16 bridgehead atoms. The van der Waals surface area contributed by atoms with Gasteiger partial charge in [0.2, 0.25) is 0 Å². The summed E-state index contributed by atoms with van der Waals surface area (Å²) in [6.07, 6.45) is 15.8. The number of benzene rings is 4. The predicted octanol–water partition coefficient (Wildman–Crippen LogP) is 14.4. The minimum absolute atomic E-state index is 0. The first-order valence-corrected chi connectivity index (χ1v) is 39.9. The van der Waals surface area contributed by atoms with Gasteiger partial charge >= 0.3 is 39.0 Å². The first-order chi connectivity index (χ1) is 59.3.